The lowest BCUT2D eigenvalue weighted by atomic mass is 9.78. The third-order valence-corrected chi connectivity index (χ3v) is 3.73. The van der Waals surface area contributed by atoms with Gasteiger partial charge in [-0.1, -0.05) is 37.3 Å². The second-order valence-corrected chi connectivity index (χ2v) is 4.87. The summed E-state index contributed by atoms with van der Waals surface area (Å²) in [5.41, 5.74) is -0.0194. The van der Waals surface area contributed by atoms with Crippen molar-refractivity contribution in [2.75, 3.05) is 6.54 Å². The largest absolute Gasteiger partial charge is 0.481 e. The van der Waals surface area contributed by atoms with Crippen molar-refractivity contribution in [2.24, 2.45) is 0 Å². The zero-order valence-corrected chi connectivity index (χ0v) is 11.8. The molecule has 0 aliphatic heterocycles. The SMILES string of the molecule is CCC(CNC(=O)c1ccc[nH]1)(C(=O)O)c1ccccc1. The summed E-state index contributed by atoms with van der Waals surface area (Å²) in [6.45, 7) is 1.85. The fourth-order valence-electron chi connectivity index (χ4n) is 2.34. The van der Waals surface area contributed by atoms with Crippen LogP contribution in [-0.4, -0.2) is 28.5 Å². The zero-order valence-electron chi connectivity index (χ0n) is 11.8. The van der Waals surface area contributed by atoms with Crippen LogP contribution >= 0.6 is 0 Å². The molecule has 0 bridgehead atoms. The summed E-state index contributed by atoms with van der Waals surface area (Å²) in [7, 11) is 0. The van der Waals surface area contributed by atoms with Gasteiger partial charge in [-0.25, -0.2) is 0 Å². The van der Waals surface area contributed by atoms with E-state index < -0.39 is 11.4 Å². The molecule has 2 rings (SSSR count). The minimum Gasteiger partial charge on any atom is -0.481 e. The Hall–Kier alpha value is -2.56. The van der Waals surface area contributed by atoms with Crippen molar-refractivity contribution in [1.82, 2.24) is 10.3 Å². The van der Waals surface area contributed by atoms with Crippen molar-refractivity contribution >= 4 is 11.9 Å². The van der Waals surface area contributed by atoms with Gasteiger partial charge in [0.15, 0.2) is 0 Å². The molecule has 1 atom stereocenters. The van der Waals surface area contributed by atoms with Gasteiger partial charge >= 0.3 is 5.97 Å². The summed E-state index contributed by atoms with van der Waals surface area (Å²) < 4.78 is 0. The van der Waals surface area contributed by atoms with E-state index in [-0.39, 0.29) is 12.5 Å². The third kappa shape index (κ3) is 2.97. The molecular weight excluding hydrogens is 268 g/mol. The second kappa shape index (κ2) is 6.26. The van der Waals surface area contributed by atoms with Crippen LogP contribution in [0.2, 0.25) is 0 Å². The number of rotatable bonds is 6. The first-order chi connectivity index (χ1) is 10.1. The van der Waals surface area contributed by atoms with Crippen molar-refractivity contribution in [1.29, 1.82) is 0 Å². The van der Waals surface area contributed by atoms with E-state index in [9.17, 15) is 14.7 Å². The molecule has 1 amide bonds. The van der Waals surface area contributed by atoms with E-state index in [0.29, 0.717) is 17.7 Å². The van der Waals surface area contributed by atoms with Crippen LogP contribution in [0.4, 0.5) is 0 Å². The van der Waals surface area contributed by atoms with Crippen LogP contribution in [0.15, 0.2) is 48.7 Å². The number of nitrogens with one attached hydrogen (secondary N) is 2. The van der Waals surface area contributed by atoms with Gasteiger partial charge in [-0.05, 0) is 24.1 Å². The Balaban J connectivity index is 2.22. The number of carboxylic acids is 1. The van der Waals surface area contributed by atoms with Gasteiger partial charge in [0.25, 0.3) is 5.91 Å². The number of hydrogen-bond acceptors (Lipinski definition) is 2. The third-order valence-electron chi connectivity index (χ3n) is 3.73. The maximum atomic E-state index is 12.0. The Morgan fingerprint density at radius 1 is 1.19 bits per heavy atom. The van der Waals surface area contributed by atoms with E-state index in [0.717, 1.165) is 0 Å². The van der Waals surface area contributed by atoms with Gasteiger partial charge in [0.2, 0.25) is 0 Å². The number of aliphatic carboxylic acids is 1. The number of aromatic amines is 1. The zero-order chi connectivity index (χ0) is 15.3. The molecule has 0 spiro atoms. The fraction of sp³-hybridized carbons (Fsp3) is 0.250. The Morgan fingerprint density at radius 3 is 2.43 bits per heavy atom. The van der Waals surface area contributed by atoms with E-state index in [1.54, 1.807) is 42.6 Å². The van der Waals surface area contributed by atoms with Crippen molar-refractivity contribution in [3.8, 4) is 0 Å². The van der Waals surface area contributed by atoms with Crippen LogP contribution in [0, 0.1) is 0 Å². The fourth-order valence-corrected chi connectivity index (χ4v) is 2.34. The number of hydrogen-bond donors (Lipinski definition) is 3. The van der Waals surface area contributed by atoms with Crippen molar-refractivity contribution in [3.63, 3.8) is 0 Å². The Bertz CT molecular complexity index is 608. The highest BCUT2D eigenvalue weighted by Gasteiger charge is 2.39. The molecule has 5 nitrogen and oxygen atoms in total. The molecule has 0 radical (unpaired) electrons. The Morgan fingerprint density at radius 2 is 1.90 bits per heavy atom. The minimum atomic E-state index is -1.12. The summed E-state index contributed by atoms with van der Waals surface area (Å²) in [4.78, 5) is 26.6. The Labute approximate surface area is 123 Å². The van der Waals surface area contributed by atoms with Crippen molar-refractivity contribution in [2.45, 2.75) is 18.8 Å². The predicted octanol–water partition coefficient (Wildman–Crippen LogP) is 2.18. The maximum Gasteiger partial charge on any atom is 0.315 e. The number of amides is 1. The summed E-state index contributed by atoms with van der Waals surface area (Å²) in [6, 6.07) is 12.4. The first kappa shape index (κ1) is 14.8. The van der Waals surface area contributed by atoms with Crippen LogP contribution in [0.25, 0.3) is 0 Å². The molecule has 5 heteroatoms. The Kier molecular flexibility index (Phi) is 4.42. The molecule has 0 saturated carbocycles. The molecule has 1 aromatic carbocycles. The topological polar surface area (TPSA) is 82.2 Å². The normalized spacial score (nSPS) is 13.4. The molecule has 2 aromatic rings. The summed E-state index contributed by atoms with van der Waals surface area (Å²) in [5, 5.41) is 12.4. The lowest BCUT2D eigenvalue weighted by Crippen LogP contribution is -2.46. The highest BCUT2D eigenvalue weighted by molar-refractivity contribution is 5.93. The lowest BCUT2D eigenvalue weighted by Gasteiger charge is -2.29. The monoisotopic (exact) mass is 286 g/mol. The van der Waals surface area contributed by atoms with Crippen molar-refractivity contribution < 1.29 is 14.7 Å². The average molecular weight is 286 g/mol. The number of carbonyl (C=O) groups excluding carboxylic acids is 1. The molecular formula is C16H18N2O3. The van der Waals surface area contributed by atoms with Gasteiger partial charge in [-0.3, -0.25) is 9.59 Å². The summed E-state index contributed by atoms with van der Waals surface area (Å²) >= 11 is 0. The number of aromatic nitrogens is 1. The van der Waals surface area contributed by atoms with E-state index in [1.807, 2.05) is 13.0 Å². The summed E-state index contributed by atoms with van der Waals surface area (Å²) in [6.07, 6.45) is 2.04. The maximum absolute atomic E-state index is 12.0. The van der Waals surface area contributed by atoms with Crippen LogP contribution < -0.4 is 5.32 Å². The van der Waals surface area contributed by atoms with E-state index in [4.69, 9.17) is 0 Å². The molecule has 0 fully saturated rings. The lowest BCUT2D eigenvalue weighted by molar-refractivity contribution is -0.143. The highest BCUT2D eigenvalue weighted by atomic mass is 16.4. The quantitative estimate of drug-likeness (QED) is 0.761. The smallest absolute Gasteiger partial charge is 0.315 e. The number of carboxylic acid groups (broad SMARTS) is 1. The number of H-pyrrole nitrogens is 1. The predicted molar refractivity (Wildman–Crippen MR) is 79.2 cm³/mol. The molecule has 0 aliphatic carbocycles. The first-order valence-corrected chi connectivity index (χ1v) is 6.80. The standard InChI is InChI=1S/C16H18N2O3/c1-2-16(15(20)21,12-7-4-3-5-8-12)11-18-14(19)13-9-6-10-17-13/h3-10,17H,2,11H2,1H3,(H,18,19)(H,20,21). The van der Waals surface area contributed by atoms with Crippen LogP contribution in [0.5, 0.6) is 0 Å². The molecule has 3 N–H and O–H groups in total. The van der Waals surface area contributed by atoms with Gasteiger partial charge < -0.3 is 15.4 Å². The van der Waals surface area contributed by atoms with E-state index in [1.165, 1.54) is 0 Å². The van der Waals surface area contributed by atoms with Crippen LogP contribution in [0.3, 0.4) is 0 Å². The van der Waals surface area contributed by atoms with Gasteiger partial charge in [0, 0.05) is 12.7 Å². The average Bonchev–Trinajstić information content (AvgIpc) is 3.03. The molecule has 110 valence electrons. The van der Waals surface area contributed by atoms with Crippen LogP contribution in [-0.2, 0) is 10.2 Å². The van der Waals surface area contributed by atoms with E-state index in [2.05, 4.69) is 10.3 Å². The highest BCUT2D eigenvalue weighted by Crippen LogP contribution is 2.27. The molecule has 1 heterocycles. The molecule has 21 heavy (non-hydrogen) atoms. The first-order valence-electron chi connectivity index (χ1n) is 6.80. The van der Waals surface area contributed by atoms with Gasteiger partial charge in [-0.2, -0.15) is 0 Å². The van der Waals surface area contributed by atoms with Crippen molar-refractivity contribution in [3.05, 3.63) is 59.9 Å². The summed E-state index contributed by atoms with van der Waals surface area (Å²) in [5.74, 6) is -1.25. The van der Waals surface area contributed by atoms with E-state index >= 15 is 0 Å². The van der Waals surface area contributed by atoms with Gasteiger partial charge in [0.05, 0.1) is 0 Å². The number of carbonyl (C=O) groups is 2. The molecule has 1 unspecified atom stereocenters. The van der Waals surface area contributed by atoms with Gasteiger partial charge in [-0.15, -0.1) is 0 Å². The second-order valence-electron chi connectivity index (χ2n) is 4.87. The van der Waals surface area contributed by atoms with Crippen LogP contribution in [0.1, 0.15) is 29.4 Å². The molecule has 0 aliphatic rings. The minimum absolute atomic E-state index is 0.0424. The molecule has 0 saturated heterocycles. The molecule has 1 aromatic heterocycles. The number of benzene rings is 1. The van der Waals surface area contributed by atoms with Gasteiger partial charge in [0.1, 0.15) is 11.1 Å².